The molecule has 0 spiro atoms. The van der Waals surface area contributed by atoms with E-state index in [1.807, 2.05) is 0 Å². The summed E-state index contributed by atoms with van der Waals surface area (Å²) < 4.78 is 71.6. The summed E-state index contributed by atoms with van der Waals surface area (Å²) in [5, 5.41) is -0.807. The first-order chi connectivity index (χ1) is 22.4. The van der Waals surface area contributed by atoms with E-state index < -0.39 is 34.1 Å². The van der Waals surface area contributed by atoms with Crippen LogP contribution >= 0.6 is 35.0 Å². The number of alkyl halides is 2. The van der Waals surface area contributed by atoms with Crippen LogP contribution in [-0.2, 0) is 37.2 Å². The Hall–Kier alpha value is -3.17. The van der Waals surface area contributed by atoms with Gasteiger partial charge in [0.15, 0.2) is 16.9 Å². The van der Waals surface area contributed by atoms with Crippen LogP contribution in [0.2, 0.25) is 10.0 Å². The van der Waals surface area contributed by atoms with Crippen molar-refractivity contribution in [3.63, 3.8) is 0 Å². The van der Waals surface area contributed by atoms with E-state index in [1.165, 1.54) is 47.6 Å². The maximum atomic E-state index is 13.8. The number of fused-ring (bicyclic) bond motifs is 1. The molecular weight excluding hydrogens is 699 g/mol. The maximum absolute atomic E-state index is 13.8. The predicted octanol–water partition coefficient (Wildman–Crippen LogP) is 5.89. The van der Waals surface area contributed by atoms with Gasteiger partial charge in [-0.25, -0.2) is 13.2 Å². The average Bonchev–Trinajstić information content (AvgIpc) is 3.63. The molecule has 2 aromatic carbocycles. The second-order valence-corrected chi connectivity index (χ2v) is 15.2. The van der Waals surface area contributed by atoms with Crippen LogP contribution < -0.4 is 14.4 Å². The van der Waals surface area contributed by atoms with Crippen molar-refractivity contribution in [2.75, 3.05) is 30.9 Å². The van der Waals surface area contributed by atoms with Crippen LogP contribution in [0.5, 0.6) is 11.5 Å². The fraction of sp³-hybridized carbons (Fsp3) is 0.387. The van der Waals surface area contributed by atoms with E-state index >= 15 is 0 Å². The molecule has 0 unspecified atom stereocenters. The molecule has 2 atom stereocenters. The molecule has 6 rings (SSSR count). The summed E-state index contributed by atoms with van der Waals surface area (Å²) in [5.74, 6) is -0.491. The zero-order valence-corrected chi connectivity index (χ0v) is 28.1. The minimum Gasteiger partial charge on any atom is -0.489 e. The number of nitrogens with zero attached hydrogens (tertiary/aromatic N) is 3. The first-order valence-corrected chi connectivity index (χ1v) is 17.9. The lowest BCUT2D eigenvalue weighted by molar-refractivity contribution is -0.150. The van der Waals surface area contributed by atoms with Crippen LogP contribution in [0.25, 0.3) is 0 Å². The van der Waals surface area contributed by atoms with E-state index in [-0.39, 0.29) is 51.7 Å². The lowest BCUT2D eigenvalue weighted by atomic mass is 10.0. The third kappa shape index (κ3) is 7.31. The van der Waals surface area contributed by atoms with Crippen molar-refractivity contribution in [2.45, 2.75) is 48.7 Å². The number of esters is 1. The molecule has 3 aliphatic rings. The summed E-state index contributed by atoms with van der Waals surface area (Å²) in [6, 6.07) is 8.67. The normalized spacial score (nSPS) is 18.8. The number of hydrogen-bond acceptors (Lipinski definition) is 9. The lowest BCUT2D eigenvalue weighted by Crippen LogP contribution is -2.40. The number of carbonyl (C=O) groups is 2. The van der Waals surface area contributed by atoms with Crippen molar-refractivity contribution in [1.82, 2.24) is 9.29 Å². The number of likely N-dealkylation sites (N-methyl/N-ethyl adjacent to an activating group) is 1. The van der Waals surface area contributed by atoms with E-state index in [2.05, 4.69) is 9.72 Å². The van der Waals surface area contributed by atoms with Gasteiger partial charge in [0.1, 0.15) is 6.10 Å². The smallest absolute Gasteiger partial charge is 0.387 e. The van der Waals surface area contributed by atoms with Gasteiger partial charge in [-0.15, -0.1) is 11.8 Å². The molecule has 47 heavy (non-hydrogen) atoms. The lowest BCUT2D eigenvalue weighted by Gasteiger charge is -2.26. The Bertz CT molecular complexity index is 1790. The molecule has 2 fully saturated rings. The Morgan fingerprint density at radius 1 is 1.11 bits per heavy atom. The zero-order valence-electron chi connectivity index (χ0n) is 24.9. The molecule has 0 radical (unpaired) electrons. The second kappa shape index (κ2) is 13.7. The fourth-order valence-corrected chi connectivity index (χ4v) is 9.01. The van der Waals surface area contributed by atoms with Crippen molar-refractivity contribution in [3.05, 3.63) is 75.5 Å². The van der Waals surface area contributed by atoms with Gasteiger partial charge in [-0.2, -0.15) is 13.1 Å². The van der Waals surface area contributed by atoms with Crippen molar-refractivity contribution in [1.29, 1.82) is 0 Å². The van der Waals surface area contributed by atoms with E-state index in [4.69, 9.17) is 32.7 Å². The number of amides is 1. The van der Waals surface area contributed by atoms with E-state index in [0.29, 0.717) is 40.7 Å². The molecule has 1 aliphatic carbocycles. The zero-order chi connectivity index (χ0) is 33.5. The van der Waals surface area contributed by atoms with Crippen molar-refractivity contribution < 1.29 is 41.0 Å². The van der Waals surface area contributed by atoms with Gasteiger partial charge in [-0.05, 0) is 65.8 Å². The molecule has 1 aromatic heterocycles. The van der Waals surface area contributed by atoms with Crippen LogP contribution in [-0.4, -0.2) is 67.5 Å². The highest BCUT2D eigenvalue weighted by molar-refractivity contribution is 8.02. The van der Waals surface area contributed by atoms with Gasteiger partial charge in [0.2, 0.25) is 15.9 Å². The number of pyridine rings is 1. The Morgan fingerprint density at radius 2 is 1.85 bits per heavy atom. The summed E-state index contributed by atoms with van der Waals surface area (Å²) in [6.45, 7) is -2.74. The number of ether oxygens (including phenoxy) is 3. The van der Waals surface area contributed by atoms with Crippen LogP contribution in [0, 0.1) is 5.92 Å². The molecule has 1 saturated carbocycles. The Balaban J connectivity index is 1.30. The number of rotatable bonds is 12. The number of carbonyl (C=O) groups excluding carboxylic acids is 2. The SMILES string of the molecule is CN1C(=O)Cc2cc(S(=O)(=O)N3CCS[C@H]3C(=O)O[C@@H](Cc3c(Cl)cncc3Cl)c3ccc(OC(F)F)c(OCC4CC4)c3)ccc21. The highest BCUT2D eigenvalue weighted by Crippen LogP contribution is 2.40. The number of aromatic nitrogens is 1. The number of anilines is 1. The second-order valence-electron chi connectivity index (χ2n) is 11.3. The van der Waals surface area contributed by atoms with E-state index in [0.717, 1.165) is 28.9 Å². The molecule has 3 heterocycles. The summed E-state index contributed by atoms with van der Waals surface area (Å²) >= 11 is 13.9. The molecule has 1 amide bonds. The predicted molar refractivity (Wildman–Crippen MR) is 172 cm³/mol. The highest BCUT2D eigenvalue weighted by Gasteiger charge is 2.43. The van der Waals surface area contributed by atoms with Gasteiger partial charge in [-0.1, -0.05) is 29.3 Å². The maximum Gasteiger partial charge on any atom is 0.387 e. The van der Waals surface area contributed by atoms with Crippen LogP contribution in [0.1, 0.15) is 35.6 Å². The Morgan fingerprint density at radius 3 is 2.55 bits per heavy atom. The fourth-order valence-electron chi connectivity index (χ4n) is 5.40. The third-order valence-corrected chi connectivity index (χ3v) is 11.9. The summed E-state index contributed by atoms with van der Waals surface area (Å²) in [7, 11) is -2.55. The molecule has 0 bridgehead atoms. The van der Waals surface area contributed by atoms with Crippen LogP contribution in [0.15, 0.2) is 53.7 Å². The largest absolute Gasteiger partial charge is 0.489 e. The molecule has 2 aliphatic heterocycles. The highest BCUT2D eigenvalue weighted by atomic mass is 35.5. The van der Waals surface area contributed by atoms with Gasteiger partial charge in [0, 0.05) is 43.8 Å². The van der Waals surface area contributed by atoms with Gasteiger partial charge >= 0.3 is 12.6 Å². The van der Waals surface area contributed by atoms with Gasteiger partial charge in [0.25, 0.3) is 0 Å². The average molecular weight is 729 g/mol. The quantitative estimate of drug-likeness (QED) is 0.211. The summed E-state index contributed by atoms with van der Waals surface area (Å²) in [6.07, 6.45) is 3.63. The molecule has 0 N–H and O–H groups in total. The summed E-state index contributed by atoms with van der Waals surface area (Å²) in [5.41, 5.74) is 1.98. The minimum absolute atomic E-state index is 0.0421. The minimum atomic E-state index is -4.17. The van der Waals surface area contributed by atoms with Crippen LogP contribution in [0.4, 0.5) is 14.5 Å². The van der Waals surface area contributed by atoms with Gasteiger partial charge in [0.05, 0.1) is 28.0 Å². The van der Waals surface area contributed by atoms with Crippen molar-refractivity contribution in [2.24, 2.45) is 5.92 Å². The Kier molecular flexibility index (Phi) is 9.86. The van der Waals surface area contributed by atoms with Crippen molar-refractivity contribution >= 4 is 62.6 Å². The monoisotopic (exact) mass is 727 g/mol. The van der Waals surface area contributed by atoms with E-state index in [9.17, 15) is 26.8 Å². The molecule has 3 aromatic rings. The molecule has 16 heteroatoms. The third-order valence-electron chi connectivity index (χ3n) is 8.11. The number of hydrogen-bond donors (Lipinski definition) is 0. The van der Waals surface area contributed by atoms with Gasteiger partial charge < -0.3 is 19.1 Å². The number of benzene rings is 2. The topological polar surface area (TPSA) is 115 Å². The standard InChI is InChI=1S/C31H29Cl2F2N3O7S2/c1-37-24-6-5-20(10-19(24)12-28(37)39)47(41,42)38-8-9-46-29(38)30(40)44-26(13-21-22(32)14-36-15-23(21)33)18-4-7-25(45-31(34)35)27(11-18)43-16-17-2-3-17/h4-7,10-11,14-15,17,26,29,31H,2-3,8-9,12-13,16H2,1H3/t26-,29-/m0/s1. The number of sulfonamides is 1. The number of halogens is 4. The van der Waals surface area contributed by atoms with Gasteiger partial charge in [-0.3, -0.25) is 9.78 Å². The van der Waals surface area contributed by atoms with Crippen LogP contribution in [0.3, 0.4) is 0 Å². The van der Waals surface area contributed by atoms with Crippen molar-refractivity contribution in [3.8, 4) is 11.5 Å². The first kappa shape index (κ1) is 33.7. The number of thioether (sulfide) groups is 1. The summed E-state index contributed by atoms with van der Waals surface area (Å²) in [4.78, 5) is 31.4. The Labute approximate surface area is 284 Å². The first-order valence-electron chi connectivity index (χ1n) is 14.6. The molecule has 10 nitrogen and oxygen atoms in total. The molecular formula is C31H29Cl2F2N3O7S2. The molecule has 1 saturated heterocycles. The molecule has 250 valence electrons. The van der Waals surface area contributed by atoms with E-state index in [1.54, 1.807) is 13.1 Å².